The number of hydrogen-bond acceptors (Lipinski definition) is 6. The van der Waals surface area contributed by atoms with Crippen LogP contribution in [-0.2, 0) is 16.0 Å². The largest absolute Gasteiger partial charge is 0.475 e. The maximum atomic E-state index is 13.0. The third-order valence-corrected chi connectivity index (χ3v) is 5.84. The fourth-order valence-electron chi connectivity index (χ4n) is 4.20. The molecule has 2 fully saturated rings. The number of carbonyl (C=O) groups excluding carboxylic acids is 2. The number of benzene rings is 1. The standard InChI is InChI=1S/C23H30BN3O5/c1-23(2,3)11-17(12-25)21(28)27-13-16-10-18(16)19(27)14-32-22(29)26-20(24(30)31)9-15-7-5-4-6-8-15/h4-8,11,16,18-20,30-31H,9-10,13-14H2,1-3H3,(H,26,29)/t16-,18-,19-,20?/m1/s1. The quantitative estimate of drug-likeness (QED) is 0.338. The van der Waals surface area contributed by atoms with Gasteiger partial charge in [-0.25, -0.2) is 4.79 Å². The molecular weight excluding hydrogens is 409 g/mol. The van der Waals surface area contributed by atoms with E-state index in [2.05, 4.69) is 5.32 Å². The number of allylic oxidation sites excluding steroid dienone is 1. The predicted octanol–water partition coefficient (Wildman–Crippen LogP) is 1.68. The molecule has 2 amide bonds. The normalized spacial score (nSPS) is 23.1. The molecule has 2 aliphatic rings. The highest BCUT2D eigenvalue weighted by Crippen LogP contribution is 2.50. The first-order valence-corrected chi connectivity index (χ1v) is 10.9. The Morgan fingerprint density at radius 1 is 1.34 bits per heavy atom. The third-order valence-electron chi connectivity index (χ3n) is 5.84. The number of nitrogens with one attached hydrogen (secondary N) is 1. The summed E-state index contributed by atoms with van der Waals surface area (Å²) < 4.78 is 5.37. The maximum absolute atomic E-state index is 13.0. The Balaban J connectivity index is 1.59. The lowest BCUT2D eigenvalue weighted by Gasteiger charge is -2.28. The molecule has 0 spiro atoms. The number of rotatable bonds is 7. The number of piperidine rings is 1. The van der Waals surface area contributed by atoms with Crippen molar-refractivity contribution < 1.29 is 24.4 Å². The lowest BCUT2D eigenvalue weighted by atomic mass is 9.76. The van der Waals surface area contributed by atoms with E-state index in [1.165, 1.54) is 0 Å². The SMILES string of the molecule is CC(C)(C)C=C(C#N)C(=O)N1C[C@H]2C[C@H]2[C@H]1COC(=O)NC(Cc1ccccc1)B(O)O. The minimum absolute atomic E-state index is 0.00739. The van der Waals surface area contributed by atoms with E-state index in [0.29, 0.717) is 12.5 Å². The predicted molar refractivity (Wildman–Crippen MR) is 119 cm³/mol. The first kappa shape index (κ1) is 23.8. The molecule has 1 aromatic rings. The zero-order valence-corrected chi connectivity index (χ0v) is 18.7. The molecule has 0 bridgehead atoms. The van der Waals surface area contributed by atoms with Crippen molar-refractivity contribution in [2.45, 2.75) is 45.6 Å². The van der Waals surface area contributed by atoms with Crippen LogP contribution in [0.5, 0.6) is 0 Å². The number of amides is 2. The molecule has 170 valence electrons. The number of nitrogens with zero attached hydrogens (tertiary/aromatic N) is 2. The zero-order chi connectivity index (χ0) is 23.5. The summed E-state index contributed by atoms with van der Waals surface area (Å²) in [5.74, 6) is -0.642. The highest BCUT2D eigenvalue weighted by atomic mass is 16.5. The van der Waals surface area contributed by atoms with Gasteiger partial charge < -0.3 is 25.0 Å². The van der Waals surface area contributed by atoms with E-state index >= 15 is 0 Å². The molecule has 32 heavy (non-hydrogen) atoms. The number of carbonyl (C=O) groups is 2. The van der Waals surface area contributed by atoms with E-state index in [9.17, 15) is 24.9 Å². The van der Waals surface area contributed by atoms with Gasteiger partial charge in [-0.15, -0.1) is 0 Å². The number of nitriles is 1. The Morgan fingerprint density at radius 2 is 2.03 bits per heavy atom. The van der Waals surface area contributed by atoms with Gasteiger partial charge in [-0.2, -0.15) is 5.26 Å². The number of hydrogen-bond donors (Lipinski definition) is 3. The Hall–Kier alpha value is -2.83. The van der Waals surface area contributed by atoms with E-state index in [1.54, 1.807) is 11.0 Å². The average molecular weight is 439 g/mol. The summed E-state index contributed by atoms with van der Waals surface area (Å²) in [6.45, 7) is 6.31. The van der Waals surface area contributed by atoms with Crippen molar-refractivity contribution in [2.75, 3.05) is 13.2 Å². The van der Waals surface area contributed by atoms with Crippen LogP contribution in [-0.4, -0.2) is 59.2 Å². The lowest BCUT2D eigenvalue weighted by Crippen LogP contribution is -2.49. The van der Waals surface area contributed by atoms with Gasteiger partial charge in [0.05, 0.1) is 12.0 Å². The zero-order valence-electron chi connectivity index (χ0n) is 18.7. The molecule has 0 aromatic heterocycles. The molecule has 1 unspecified atom stereocenters. The van der Waals surface area contributed by atoms with Gasteiger partial charge in [-0.05, 0) is 35.7 Å². The second-order valence-electron chi connectivity index (χ2n) is 9.67. The van der Waals surface area contributed by atoms with Crippen molar-refractivity contribution in [3.05, 3.63) is 47.5 Å². The summed E-state index contributed by atoms with van der Waals surface area (Å²) in [7, 11) is -1.75. The minimum atomic E-state index is -1.75. The maximum Gasteiger partial charge on any atom is 0.475 e. The first-order valence-electron chi connectivity index (χ1n) is 10.9. The highest BCUT2D eigenvalue weighted by molar-refractivity contribution is 6.43. The molecule has 1 saturated carbocycles. The summed E-state index contributed by atoms with van der Waals surface area (Å²) in [6.07, 6.45) is 2.09. The Morgan fingerprint density at radius 3 is 2.62 bits per heavy atom. The van der Waals surface area contributed by atoms with Crippen LogP contribution in [0.25, 0.3) is 0 Å². The summed E-state index contributed by atoms with van der Waals surface area (Å²) in [6, 6.07) is 10.9. The fraction of sp³-hybridized carbons (Fsp3) is 0.522. The molecule has 3 N–H and O–H groups in total. The molecule has 1 saturated heterocycles. The first-order chi connectivity index (χ1) is 15.1. The van der Waals surface area contributed by atoms with Crippen LogP contribution < -0.4 is 5.32 Å². The van der Waals surface area contributed by atoms with E-state index in [0.717, 1.165) is 12.0 Å². The van der Waals surface area contributed by atoms with Crippen LogP contribution >= 0.6 is 0 Å². The Kier molecular flexibility index (Phi) is 7.27. The van der Waals surface area contributed by atoms with Crippen LogP contribution in [0.1, 0.15) is 32.8 Å². The van der Waals surface area contributed by atoms with Gasteiger partial charge >= 0.3 is 13.2 Å². The van der Waals surface area contributed by atoms with Gasteiger partial charge in [0.25, 0.3) is 5.91 Å². The van der Waals surface area contributed by atoms with Gasteiger partial charge in [-0.3, -0.25) is 4.79 Å². The van der Waals surface area contributed by atoms with E-state index < -0.39 is 19.2 Å². The van der Waals surface area contributed by atoms with Gasteiger partial charge in [-0.1, -0.05) is 57.2 Å². The van der Waals surface area contributed by atoms with Crippen LogP contribution in [0.4, 0.5) is 4.79 Å². The van der Waals surface area contributed by atoms with Gasteiger partial charge in [0, 0.05) is 6.54 Å². The Bertz CT molecular complexity index is 906. The molecule has 1 aliphatic heterocycles. The van der Waals surface area contributed by atoms with Gasteiger partial charge in [0.2, 0.25) is 0 Å². The summed E-state index contributed by atoms with van der Waals surface area (Å²) in [5, 5.41) is 31.2. The molecule has 1 aliphatic carbocycles. The highest BCUT2D eigenvalue weighted by Gasteiger charge is 2.54. The van der Waals surface area contributed by atoms with Crippen molar-refractivity contribution in [3.63, 3.8) is 0 Å². The van der Waals surface area contributed by atoms with Crippen molar-refractivity contribution >= 4 is 19.1 Å². The van der Waals surface area contributed by atoms with Crippen molar-refractivity contribution in [1.82, 2.24) is 10.2 Å². The molecule has 1 aromatic carbocycles. The smallest absolute Gasteiger partial charge is 0.447 e. The number of alkyl carbamates (subject to hydrolysis) is 1. The van der Waals surface area contributed by atoms with Gasteiger partial charge in [0.15, 0.2) is 0 Å². The van der Waals surface area contributed by atoms with Crippen LogP contribution in [0.2, 0.25) is 0 Å². The molecular formula is C23H30BN3O5. The van der Waals surface area contributed by atoms with Crippen LogP contribution in [0, 0.1) is 28.6 Å². The topological polar surface area (TPSA) is 123 Å². The number of fused-ring (bicyclic) bond motifs is 1. The summed E-state index contributed by atoms with van der Waals surface area (Å²) >= 11 is 0. The van der Waals surface area contributed by atoms with E-state index in [4.69, 9.17) is 4.74 Å². The molecule has 3 rings (SSSR count). The van der Waals surface area contributed by atoms with Gasteiger partial charge in [0.1, 0.15) is 18.2 Å². The second kappa shape index (κ2) is 9.76. The van der Waals surface area contributed by atoms with E-state index in [1.807, 2.05) is 57.2 Å². The fourth-order valence-corrected chi connectivity index (χ4v) is 4.20. The molecule has 1 heterocycles. The molecule has 0 radical (unpaired) electrons. The average Bonchev–Trinajstić information content (AvgIpc) is 3.41. The lowest BCUT2D eigenvalue weighted by molar-refractivity contribution is -0.129. The minimum Gasteiger partial charge on any atom is -0.447 e. The van der Waals surface area contributed by atoms with Crippen LogP contribution in [0.15, 0.2) is 42.0 Å². The monoisotopic (exact) mass is 439 g/mol. The number of likely N-dealkylation sites (tertiary alicyclic amines) is 1. The summed E-state index contributed by atoms with van der Waals surface area (Å²) in [5.41, 5.74) is 0.627. The second-order valence-corrected chi connectivity index (χ2v) is 9.67. The molecule has 8 nitrogen and oxygen atoms in total. The van der Waals surface area contributed by atoms with Crippen LogP contribution in [0.3, 0.4) is 0 Å². The number of ether oxygens (including phenoxy) is 1. The molecule has 9 heteroatoms. The van der Waals surface area contributed by atoms with Crippen molar-refractivity contribution in [3.8, 4) is 6.07 Å². The van der Waals surface area contributed by atoms with Crippen molar-refractivity contribution in [1.29, 1.82) is 5.26 Å². The molecule has 4 atom stereocenters. The summed E-state index contributed by atoms with van der Waals surface area (Å²) in [4.78, 5) is 26.9. The van der Waals surface area contributed by atoms with Crippen molar-refractivity contribution in [2.24, 2.45) is 17.3 Å². The van der Waals surface area contributed by atoms with E-state index in [-0.39, 0.29) is 41.9 Å². The third kappa shape index (κ3) is 6.12. The Labute approximate surface area is 189 Å².